The minimum Gasteiger partial charge on any atom is -0.423 e. The van der Waals surface area contributed by atoms with Crippen LogP contribution in [0.15, 0.2) is 39.5 Å². The van der Waals surface area contributed by atoms with Crippen molar-refractivity contribution in [1.82, 2.24) is 0 Å². The highest BCUT2D eigenvalue weighted by Gasteiger charge is 2.09. The molecule has 0 bridgehead atoms. The molecule has 0 atom stereocenters. The molecular weight excluding hydrogens is 216 g/mol. The fourth-order valence-corrected chi connectivity index (χ4v) is 1.73. The quantitative estimate of drug-likeness (QED) is 0.601. The van der Waals surface area contributed by atoms with Crippen molar-refractivity contribution in [1.29, 1.82) is 0 Å². The van der Waals surface area contributed by atoms with Crippen molar-refractivity contribution in [3.63, 3.8) is 0 Å². The average Bonchev–Trinajstić information content (AvgIpc) is 2.27. The molecule has 1 heterocycles. The topological polar surface area (TPSA) is 47.3 Å². The predicted octanol–water partition coefficient (Wildman–Crippen LogP) is 3.02. The summed E-state index contributed by atoms with van der Waals surface area (Å²) < 4.78 is 5.01. The highest BCUT2D eigenvalue weighted by Crippen LogP contribution is 2.16. The van der Waals surface area contributed by atoms with Gasteiger partial charge < -0.3 is 4.42 Å². The van der Waals surface area contributed by atoms with E-state index in [2.05, 4.69) is 0 Å². The lowest BCUT2D eigenvalue weighted by Gasteiger charge is -2.04. The molecule has 0 aliphatic heterocycles. The number of carbonyl (C=O) groups excluding carboxylic acids is 1. The van der Waals surface area contributed by atoms with Crippen molar-refractivity contribution < 1.29 is 9.21 Å². The fourth-order valence-electron chi connectivity index (χ4n) is 1.73. The maximum atomic E-state index is 11.9. The van der Waals surface area contributed by atoms with E-state index in [0.29, 0.717) is 23.5 Å². The summed E-state index contributed by atoms with van der Waals surface area (Å²) in [5, 5.41) is 0.777. The van der Waals surface area contributed by atoms with Crippen molar-refractivity contribution in [3.8, 4) is 0 Å². The highest BCUT2D eigenvalue weighted by molar-refractivity contribution is 5.99. The standard InChI is InChI=1S/C14H14O3/c1-9(2)7-12(15)10-3-5-13-11(8-10)4-6-14(16)17-13/h3-6,8-9H,7H2,1-2H3. The summed E-state index contributed by atoms with van der Waals surface area (Å²) in [6.07, 6.45) is 0.530. The van der Waals surface area contributed by atoms with Crippen LogP contribution in [-0.2, 0) is 0 Å². The van der Waals surface area contributed by atoms with E-state index >= 15 is 0 Å². The third kappa shape index (κ3) is 2.61. The van der Waals surface area contributed by atoms with Crippen LogP contribution < -0.4 is 5.63 Å². The van der Waals surface area contributed by atoms with Crippen molar-refractivity contribution in [2.45, 2.75) is 20.3 Å². The number of fused-ring (bicyclic) bond motifs is 1. The third-order valence-electron chi connectivity index (χ3n) is 2.53. The normalized spacial score (nSPS) is 11.0. The van der Waals surface area contributed by atoms with Gasteiger partial charge in [0.2, 0.25) is 0 Å². The molecule has 0 amide bonds. The van der Waals surface area contributed by atoms with Gasteiger partial charge in [-0.1, -0.05) is 13.8 Å². The Morgan fingerprint density at radius 2 is 2.00 bits per heavy atom. The van der Waals surface area contributed by atoms with Crippen molar-refractivity contribution >= 4 is 16.8 Å². The molecule has 1 aromatic heterocycles. The minimum atomic E-state index is -0.376. The first kappa shape index (κ1) is 11.6. The fraction of sp³-hybridized carbons (Fsp3) is 0.286. The van der Waals surface area contributed by atoms with E-state index in [-0.39, 0.29) is 11.4 Å². The van der Waals surface area contributed by atoms with Gasteiger partial charge in [0.15, 0.2) is 5.78 Å². The molecule has 3 heteroatoms. The van der Waals surface area contributed by atoms with Crippen molar-refractivity contribution in [2.75, 3.05) is 0 Å². The Kier molecular flexibility index (Phi) is 3.09. The summed E-state index contributed by atoms with van der Waals surface area (Å²) >= 11 is 0. The molecule has 1 aromatic carbocycles. The smallest absolute Gasteiger partial charge is 0.336 e. The number of carbonyl (C=O) groups is 1. The van der Waals surface area contributed by atoms with Crippen LogP contribution in [0.5, 0.6) is 0 Å². The molecule has 0 unspecified atom stereocenters. The Morgan fingerprint density at radius 3 is 2.71 bits per heavy atom. The van der Waals surface area contributed by atoms with Crippen LogP contribution in [0, 0.1) is 5.92 Å². The van der Waals surface area contributed by atoms with Gasteiger partial charge in [0.1, 0.15) is 5.58 Å². The number of rotatable bonds is 3. The van der Waals surface area contributed by atoms with Gasteiger partial charge in [0.25, 0.3) is 0 Å². The van der Waals surface area contributed by atoms with E-state index in [4.69, 9.17) is 4.42 Å². The van der Waals surface area contributed by atoms with Crippen LogP contribution in [0.2, 0.25) is 0 Å². The second-order valence-corrected chi connectivity index (χ2v) is 4.53. The average molecular weight is 230 g/mol. The lowest BCUT2D eigenvalue weighted by molar-refractivity contribution is 0.0968. The lowest BCUT2D eigenvalue weighted by Crippen LogP contribution is -2.03. The monoisotopic (exact) mass is 230 g/mol. The maximum absolute atomic E-state index is 11.9. The molecule has 0 N–H and O–H groups in total. The van der Waals surface area contributed by atoms with Gasteiger partial charge in [-0.3, -0.25) is 4.79 Å². The molecule has 0 fully saturated rings. The molecule has 0 spiro atoms. The van der Waals surface area contributed by atoms with Gasteiger partial charge in [0, 0.05) is 23.4 Å². The van der Waals surface area contributed by atoms with Crippen molar-refractivity contribution in [2.24, 2.45) is 5.92 Å². The Labute approximate surface area is 99.1 Å². The number of hydrogen-bond donors (Lipinski definition) is 0. The van der Waals surface area contributed by atoms with Crippen LogP contribution in [0.4, 0.5) is 0 Å². The van der Waals surface area contributed by atoms with Crippen molar-refractivity contribution in [3.05, 3.63) is 46.3 Å². The molecule has 0 saturated heterocycles. The summed E-state index contributed by atoms with van der Waals surface area (Å²) in [6.45, 7) is 4.02. The summed E-state index contributed by atoms with van der Waals surface area (Å²) in [4.78, 5) is 22.9. The van der Waals surface area contributed by atoms with Gasteiger partial charge >= 0.3 is 5.63 Å². The first-order valence-electron chi connectivity index (χ1n) is 5.63. The van der Waals surface area contributed by atoms with Crippen LogP contribution in [-0.4, -0.2) is 5.78 Å². The van der Waals surface area contributed by atoms with E-state index in [1.54, 1.807) is 24.3 Å². The number of benzene rings is 1. The lowest BCUT2D eigenvalue weighted by atomic mass is 10.0. The predicted molar refractivity (Wildman–Crippen MR) is 66.3 cm³/mol. The highest BCUT2D eigenvalue weighted by atomic mass is 16.4. The zero-order valence-corrected chi connectivity index (χ0v) is 9.90. The molecule has 2 aromatic rings. The second kappa shape index (κ2) is 4.53. The van der Waals surface area contributed by atoms with Gasteiger partial charge in [-0.2, -0.15) is 0 Å². The molecule has 2 rings (SSSR count). The minimum absolute atomic E-state index is 0.119. The Morgan fingerprint density at radius 1 is 1.24 bits per heavy atom. The molecule has 0 saturated carbocycles. The van der Waals surface area contributed by atoms with E-state index in [1.165, 1.54) is 6.07 Å². The number of ketones is 1. The summed E-state index contributed by atoms with van der Waals surface area (Å²) in [6, 6.07) is 8.18. The summed E-state index contributed by atoms with van der Waals surface area (Å²) in [7, 11) is 0. The molecule has 0 aliphatic rings. The van der Waals surface area contributed by atoms with Gasteiger partial charge in [-0.25, -0.2) is 4.79 Å². The van der Waals surface area contributed by atoms with Gasteiger partial charge in [-0.05, 0) is 30.2 Å². The molecule has 3 nitrogen and oxygen atoms in total. The third-order valence-corrected chi connectivity index (χ3v) is 2.53. The Balaban J connectivity index is 2.41. The molecule has 88 valence electrons. The summed E-state index contributed by atoms with van der Waals surface area (Å²) in [5.74, 6) is 0.458. The van der Waals surface area contributed by atoms with E-state index in [1.807, 2.05) is 13.8 Å². The first-order valence-corrected chi connectivity index (χ1v) is 5.63. The van der Waals surface area contributed by atoms with Crippen LogP contribution in [0.3, 0.4) is 0 Å². The van der Waals surface area contributed by atoms with Gasteiger partial charge in [-0.15, -0.1) is 0 Å². The zero-order chi connectivity index (χ0) is 12.4. The van der Waals surface area contributed by atoms with Crippen LogP contribution in [0.25, 0.3) is 11.0 Å². The van der Waals surface area contributed by atoms with E-state index in [9.17, 15) is 9.59 Å². The van der Waals surface area contributed by atoms with Gasteiger partial charge in [0.05, 0.1) is 0 Å². The first-order chi connectivity index (χ1) is 8.06. The maximum Gasteiger partial charge on any atom is 0.336 e. The number of hydrogen-bond acceptors (Lipinski definition) is 3. The molecule has 0 radical (unpaired) electrons. The van der Waals surface area contributed by atoms with E-state index in [0.717, 1.165) is 5.39 Å². The summed E-state index contributed by atoms with van der Waals surface area (Å²) in [5.41, 5.74) is 0.803. The molecule has 0 aliphatic carbocycles. The Bertz CT molecular complexity index is 608. The number of Topliss-reactive ketones (excluding diaryl/α,β-unsaturated/α-hetero) is 1. The van der Waals surface area contributed by atoms with E-state index < -0.39 is 0 Å². The molecular formula is C14H14O3. The SMILES string of the molecule is CC(C)CC(=O)c1ccc2oc(=O)ccc2c1. The largest absolute Gasteiger partial charge is 0.423 e. The van der Waals surface area contributed by atoms with Crippen LogP contribution >= 0.6 is 0 Å². The zero-order valence-electron chi connectivity index (χ0n) is 9.90. The molecule has 17 heavy (non-hydrogen) atoms. The Hall–Kier alpha value is -1.90. The van der Waals surface area contributed by atoms with Crippen LogP contribution in [0.1, 0.15) is 30.6 Å². The second-order valence-electron chi connectivity index (χ2n) is 4.53.